The van der Waals surface area contributed by atoms with Crippen LogP contribution in [0.15, 0.2) is 30.3 Å². The van der Waals surface area contributed by atoms with Crippen molar-refractivity contribution in [3.63, 3.8) is 0 Å². The van der Waals surface area contributed by atoms with E-state index < -0.39 is 11.7 Å². The topological polar surface area (TPSA) is 118 Å². The molecule has 0 saturated heterocycles. The summed E-state index contributed by atoms with van der Waals surface area (Å²) in [6, 6.07) is 9.22. The van der Waals surface area contributed by atoms with Crippen molar-refractivity contribution in [3.8, 4) is 51.4 Å². The predicted octanol–water partition coefficient (Wildman–Crippen LogP) is 8.65. The van der Waals surface area contributed by atoms with Crippen molar-refractivity contribution in [2.45, 2.75) is 94.5 Å². The zero-order valence-electron chi connectivity index (χ0n) is 29.0. The van der Waals surface area contributed by atoms with E-state index in [1.807, 2.05) is 39.8 Å². The SMILES string of the molecule is COc1cc2c3c4c1-c1ccc(O)cc1[C@@H](CC[C@H](C)CCSS[C@H]1CC[C@@](c5cc(OCCC(C)C)c(O)c(OC)c5O)(O2)[C@H](O)[C@H]31)C4. The molecular weight excluding hydrogens is 661 g/mol. The molecule has 4 aliphatic rings. The molecule has 10 heteroatoms. The van der Waals surface area contributed by atoms with Gasteiger partial charge in [0.25, 0.3) is 0 Å². The Morgan fingerprint density at radius 2 is 1.80 bits per heavy atom. The molecule has 49 heavy (non-hydrogen) atoms. The Morgan fingerprint density at radius 3 is 2.55 bits per heavy atom. The number of fused-ring (bicyclic) bond motifs is 5. The van der Waals surface area contributed by atoms with Crippen LogP contribution >= 0.6 is 21.6 Å². The molecule has 0 radical (unpaired) electrons. The molecule has 8 nitrogen and oxygen atoms in total. The number of methoxy groups -OCH3 is 2. The minimum absolute atomic E-state index is 0.0897. The first-order valence-electron chi connectivity index (χ1n) is 17.6. The maximum atomic E-state index is 12.7. The van der Waals surface area contributed by atoms with Crippen molar-refractivity contribution in [3.05, 3.63) is 52.6 Å². The van der Waals surface area contributed by atoms with Crippen molar-refractivity contribution in [1.82, 2.24) is 0 Å². The number of phenolic OH excluding ortho intramolecular Hbond substituents is 3. The van der Waals surface area contributed by atoms with E-state index in [0.29, 0.717) is 41.9 Å². The lowest BCUT2D eigenvalue weighted by Gasteiger charge is -2.53. The smallest absolute Gasteiger partial charge is 0.207 e. The number of hydrogen-bond acceptors (Lipinski definition) is 10. The fourth-order valence-corrected chi connectivity index (χ4v) is 11.6. The Hall–Kier alpha value is -3.08. The van der Waals surface area contributed by atoms with Crippen LogP contribution in [-0.4, -0.2) is 58.4 Å². The van der Waals surface area contributed by atoms with Gasteiger partial charge in [-0.15, -0.1) is 0 Å². The minimum atomic E-state index is -1.33. The molecule has 4 N–H and O–H groups in total. The molecule has 1 fully saturated rings. The van der Waals surface area contributed by atoms with Gasteiger partial charge in [-0.1, -0.05) is 54.8 Å². The average molecular weight is 709 g/mol. The van der Waals surface area contributed by atoms with E-state index in [9.17, 15) is 20.4 Å². The van der Waals surface area contributed by atoms with Crippen molar-refractivity contribution in [1.29, 1.82) is 0 Å². The zero-order valence-corrected chi connectivity index (χ0v) is 30.6. The van der Waals surface area contributed by atoms with Crippen LogP contribution in [0.5, 0.6) is 40.2 Å². The summed E-state index contributed by atoms with van der Waals surface area (Å²) < 4.78 is 24.8. The van der Waals surface area contributed by atoms with Crippen LogP contribution in [0.1, 0.15) is 93.4 Å². The van der Waals surface area contributed by atoms with E-state index in [0.717, 1.165) is 72.1 Å². The van der Waals surface area contributed by atoms with E-state index in [1.54, 1.807) is 19.2 Å². The van der Waals surface area contributed by atoms with E-state index >= 15 is 0 Å². The Bertz CT molecular complexity index is 1730. The summed E-state index contributed by atoms with van der Waals surface area (Å²) in [5.41, 5.74) is 4.32. The summed E-state index contributed by atoms with van der Waals surface area (Å²) in [5.74, 6) is 2.98. The number of phenols is 3. The van der Waals surface area contributed by atoms with Gasteiger partial charge in [0, 0.05) is 39.7 Å². The lowest BCUT2D eigenvalue weighted by atomic mass is 9.64. The average Bonchev–Trinajstić information content (AvgIpc) is 3.08. The van der Waals surface area contributed by atoms with Gasteiger partial charge < -0.3 is 39.4 Å². The van der Waals surface area contributed by atoms with E-state index in [-0.39, 0.29) is 45.8 Å². The van der Waals surface area contributed by atoms with Gasteiger partial charge in [-0.2, -0.15) is 0 Å². The Kier molecular flexibility index (Phi) is 9.52. The van der Waals surface area contributed by atoms with Crippen LogP contribution in [0.4, 0.5) is 0 Å². The number of aliphatic hydroxyl groups excluding tert-OH is 1. The second-order valence-electron chi connectivity index (χ2n) is 14.6. The summed E-state index contributed by atoms with van der Waals surface area (Å²) in [5, 5.41) is 46.2. The molecule has 1 saturated carbocycles. The van der Waals surface area contributed by atoms with Gasteiger partial charge >= 0.3 is 0 Å². The predicted molar refractivity (Wildman–Crippen MR) is 195 cm³/mol. The van der Waals surface area contributed by atoms with Crippen LogP contribution in [0.25, 0.3) is 11.1 Å². The second kappa shape index (κ2) is 13.6. The number of hydrogen-bond donors (Lipinski definition) is 4. The molecule has 264 valence electrons. The Balaban J connectivity index is 1.44. The highest BCUT2D eigenvalue weighted by molar-refractivity contribution is 8.76. The Morgan fingerprint density at radius 1 is 0.980 bits per heavy atom. The van der Waals surface area contributed by atoms with E-state index in [2.05, 4.69) is 20.8 Å². The molecule has 6 atom stereocenters. The Labute approximate surface area is 296 Å². The third kappa shape index (κ3) is 5.85. The van der Waals surface area contributed by atoms with Gasteiger partial charge in [-0.05, 0) is 91.2 Å². The largest absolute Gasteiger partial charge is 0.508 e. The zero-order chi connectivity index (χ0) is 34.6. The quantitative estimate of drug-likeness (QED) is 0.178. The van der Waals surface area contributed by atoms with Crippen molar-refractivity contribution in [2.24, 2.45) is 11.8 Å². The second-order valence-corrected chi connectivity index (χ2v) is 17.4. The van der Waals surface area contributed by atoms with Gasteiger partial charge in [0.05, 0.1) is 20.8 Å². The molecule has 0 aromatic heterocycles. The number of aliphatic hydroxyl groups is 1. The summed E-state index contributed by atoms with van der Waals surface area (Å²) in [6.07, 6.45) is 4.88. The molecular formula is C39H48O8S2. The fraction of sp³-hybridized carbons (Fsp3) is 0.538. The molecule has 3 aromatic rings. The first-order chi connectivity index (χ1) is 23.6. The fourth-order valence-electron chi connectivity index (χ4n) is 8.49. The van der Waals surface area contributed by atoms with Gasteiger partial charge in [0.15, 0.2) is 17.1 Å². The highest BCUT2D eigenvalue weighted by atomic mass is 33.1. The first-order valence-corrected chi connectivity index (χ1v) is 19.9. The molecule has 0 amide bonds. The van der Waals surface area contributed by atoms with Crippen LogP contribution in [0, 0.1) is 11.8 Å². The molecule has 2 heterocycles. The molecule has 7 rings (SSSR count). The normalized spacial score (nSPS) is 27.3. The van der Waals surface area contributed by atoms with Crippen LogP contribution in [0.2, 0.25) is 0 Å². The lowest BCUT2D eigenvalue weighted by molar-refractivity contribution is -0.112. The van der Waals surface area contributed by atoms with Crippen molar-refractivity contribution in [2.75, 3.05) is 26.6 Å². The standard InChI is InChI=1S/C39H48O8S2/c1-20(2)11-14-46-30-18-27(35(41)37(45-5)36(30)42)39-13-10-31-34(38(39)43)33-26-16-22(7-6-21(3)12-15-48-49-31)25-17-23(40)8-9-24(25)32(26)28(44-4)19-29(33)47-39/h8-9,17-22,31,34,38,40-43H,6-7,10-16H2,1-5H3/t21-,22-,31-,34-,38+,39-/m0/s1. The van der Waals surface area contributed by atoms with Gasteiger partial charge in [0.1, 0.15) is 23.4 Å². The van der Waals surface area contributed by atoms with E-state index in [4.69, 9.17) is 18.9 Å². The molecule has 0 spiro atoms. The number of rotatable bonds is 7. The third-order valence-electron chi connectivity index (χ3n) is 11.2. The first kappa shape index (κ1) is 34.4. The third-order valence-corrected chi connectivity index (χ3v) is 14.1. The van der Waals surface area contributed by atoms with Gasteiger partial charge in [0.2, 0.25) is 11.5 Å². The maximum absolute atomic E-state index is 12.7. The molecule has 3 aromatic carbocycles. The van der Waals surface area contributed by atoms with Gasteiger partial charge in [-0.25, -0.2) is 0 Å². The summed E-state index contributed by atoms with van der Waals surface area (Å²) in [4.78, 5) is 0. The maximum Gasteiger partial charge on any atom is 0.207 e. The summed E-state index contributed by atoms with van der Waals surface area (Å²) in [7, 11) is 6.80. The van der Waals surface area contributed by atoms with Crippen LogP contribution in [-0.2, 0) is 12.0 Å². The highest BCUT2D eigenvalue weighted by Gasteiger charge is 2.59. The van der Waals surface area contributed by atoms with E-state index in [1.165, 1.54) is 7.11 Å². The number of aromatic hydroxyl groups is 3. The monoisotopic (exact) mass is 708 g/mol. The molecule has 2 aliphatic carbocycles. The lowest BCUT2D eigenvalue weighted by Crippen LogP contribution is -2.56. The number of benzene rings is 3. The molecule has 2 aliphatic heterocycles. The highest BCUT2D eigenvalue weighted by Crippen LogP contribution is 2.64. The minimum Gasteiger partial charge on any atom is -0.508 e. The summed E-state index contributed by atoms with van der Waals surface area (Å²) >= 11 is 0. The summed E-state index contributed by atoms with van der Waals surface area (Å²) in [6.45, 7) is 6.91. The van der Waals surface area contributed by atoms with Crippen molar-refractivity contribution < 1.29 is 39.4 Å². The van der Waals surface area contributed by atoms with Gasteiger partial charge in [-0.3, -0.25) is 0 Å². The number of ether oxygens (including phenoxy) is 4. The van der Waals surface area contributed by atoms with Crippen LogP contribution in [0.3, 0.4) is 0 Å². The van der Waals surface area contributed by atoms with Crippen molar-refractivity contribution >= 4 is 21.6 Å². The molecule has 4 bridgehead atoms. The van der Waals surface area contributed by atoms with Crippen LogP contribution < -0.4 is 18.9 Å². The molecule has 0 unspecified atom stereocenters.